The van der Waals surface area contributed by atoms with Gasteiger partial charge in [0.25, 0.3) is 0 Å². The van der Waals surface area contributed by atoms with Crippen LogP contribution < -0.4 is 0 Å². The molecule has 80 valence electrons. The van der Waals surface area contributed by atoms with E-state index in [-0.39, 0.29) is 24.2 Å². The summed E-state index contributed by atoms with van der Waals surface area (Å²) in [6.07, 6.45) is 0.220. The van der Waals surface area contributed by atoms with Crippen LogP contribution in [0.4, 0.5) is 4.39 Å². The van der Waals surface area contributed by atoms with Crippen molar-refractivity contribution < 1.29 is 19.0 Å². The minimum Gasteiger partial charge on any atom is -0.478 e. The van der Waals surface area contributed by atoms with Crippen LogP contribution >= 0.6 is 0 Å². The third-order valence-corrected chi connectivity index (χ3v) is 2.61. The summed E-state index contributed by atoms with van der Waals surface area (Å²) in [5.74, 6) is -1.10. The summed E-state index contributed by atoms with van der Waals surface area (Å²) in [7, 11) is 0. The van der Waals surface area contributed by atoms with Gasteiger partial charge in [-0.3, -0.25) is 0 Å². The second kappa shape index (κ2) is 3.62. The van der Waals surface area contributed by atoms with Gasteiger partial charge in [0.1, 0.15) is 0 Å². The highest BCUT2D eigenvalue weighted by molar-refractivity contribution is 5.89. The predicted octanol–water partition coefficient (Wildman–Crippen LogP) is 1.97. The first-order valence-corrected chi connectivity index (χ1v) is 4.73. The summed E-state index contributed by atoms with van der Waals surface area (Å²) in [5.41, 5.74) is -1.41. The molecular weight excluding hydrogens is 199 g/mol. The Bertz CT molecular complexity index is 383. The standard InChI is InChI=1S/C11H11FO3/c12-11(5-6-15-7-11)9-4-2-1-3-8(9)10(13)14/h1-4H,5-7H2,(H,13,14). The number of hydrogen-bond donors (Lipinski definition) is 1. The molecule has 1 unspecified atom stereocenters. The minimum absolute atomic E-state index is 0.0190. The number of aromatic carboxylic acids is 1. The summed E-state index contributed by atoms with van der Waals surface area (Å²) in [4.78, 5) is 10.9. The van der Waals surface area contributed by atoms with Crippen LogP contribution in [-0.2, 0) is 10.4 Å². The number of hydrogen-bond acceptors (Lipinski definition) is 2. The number of alkyl halides is 1. The molecule has 1 atom stereocenters. The fourth-order valence-electron chi connectivity index (χ4n) is 1.81. The van der Waals surface area contributed by atoms with Crippen molar-refractivity contribution in [3.05, 3.63) is 35.4 Å². The van der Waals surface area contributed by atoms with E-state index >= 15 is 0 Å². The molecule has 0 aliphatic carbocycles. The Morgan fingerprint density at radius 3 is 2.80 bits per heavy atom. The molecule has 1 aromatic rings. The lowest BCUT2D eigenvalue weighted by molar-refractivity contribution is 0.0680. The quantitative estimate of drug-likeness (QED) is 0.811. The number of carbonyl (C=O) groups is 1. The lowest BCUT2D eigenvalue weighted by atomic mass is 9.91. The Kier molecular flexibility index (Phi) is 2.44. The predicted molar refractivity (Wildman–Crippen MR) is 51.6 cm³/mol. The summed E-state index contributed by atoms with van der Waals surface area (Å²) < 4.78 is 19.3. The van der Waals surface area contributed by atoms with Gasteiger partial charge in [-0.25, -0.2) is 9.18 Å². The van der Waals surface area contributed by atoms with Gasteiger partial charge in [0.05, 0.1) is 18.8 Å². The van der Waals surface area contributed by atoms with Crippen LogP contribution in [0.3, 0.4) is 0 Å². The monoisotopic (exact) mass is 210 g/mol. The van der Waals surface area contributed by atoms with E-state index in [4.69, 9.17) is 9.84 Å². The fourth-order valence-corrected chi connectivity index (χ4v) is 1.81. The van der Waals surface area contributed by atoms with Crippen LogP contribution in [0.2, 0.25) is 0 Å². The largest absolute Gasteiger partial charge is 0.478 e. The molecular formula is C11H11FO3. The molecule has 0 spiro atoms. The Balaban J connectivity index is 2.47. The van der Waals surface area contributed by atoms with E-state index in [0.717, 1.165) is 0 Å². The van der Waals surface area contributed by atoms with Crippen LogP contribution in [0.5, 0.6) is 0 Å². The van der Waals surface area contributed by atoms with Crippen molar-refractivity contribution in [3.63, 3.8) is 0 Å². The molecule has 15 heavy (non-hydrogen) atoms. The number of benzene rings is 1. The summed E-state index contributed by atoms with van der Waals surface area (Å²) >= 11 is 0. The van der Waals surface area contributed by atoms with Crippen molar-refractivity contribution in [2.45, 2.75) is 12.1 Å². The fraction of sp³-hybridized carbons (Fsp3) is 0.364. The second-order valence-electron chi connectivity index (χ2n) is 3.62. The zero-order chi connectivity index (χ0) is 10.9. The van der Waals surface area contributed by atoms with Crippen LogP contribution in [0.25, 0.3) is 0 Å². The van der Waals surface area contributed by atoms with Gasteiger partial charge < -0.3 is 9.84 Å². The summed E-state index contributed by atoms with van der Waals surface area (Å²) in [6.45, 7) is 0.280. The van der Waals surface area contributed by atoms with Crippen molar-refractivity contribution in [3.8, 4) is 0 Å². The maximum atomic E-state index is 14.3. The lowest BCUT2D eigenvalue weighted by Gasteiger charge is -2.19. The maximum Gasteiger partial charge on any atom is 0.336 e. The molecule has 1 saturated heterocycles. The van der Waals surface area contributed by atoms with Gasteiger partial charge in [-0.15, -0.1) is 0 Å². The molecule has 1 aliphatic rings. The number of rotatable bonds is 2. The van der Waals surface area contributed by atoms with E-state index in [0.29, 0.717) is 6.61 Å². The van der Waals surface area contributed by atoms with E-state index < -0.39 is 11.6 Å². The highest BCUT2D eigenvalue weighted by atomic mass is 19.1. The smallest absolute Gasteiger partial charge is 0.336 e. The topological polar surface area (TPSA) is 46.5 Å². The molecule has 1 N–H and O–H groups in total. The first-order valence-electron chi connectivity index (χ1n) is 4.73. The molecule has 0 amide bonds. The first kappa shape index (κ1) is 10.1. The number of carboxylic acid groups (broad SMARTS) is 1. The molecule has 3 nitrogen and oxygen atoms in total. The molecule has 0 saturated carbocycles. The Morgan fingerprint density at radius 1 is 1.47 bits per heavy atom. The number of ether oxygens (including phenoxy) is 1. The highest BCUT2D eigenvalue weighted by Gasteiger charge is 2.39. The van der Waals surface area contributed by atoms with Crippen molar-refractivity contribution in [1.82, 2.24) is 0 Å². The van der Waals surface area contributed by atoms with Gasteiger partial charge in [-0.1, -0.05) is 18.2 Å². The maximum absolute atomic E-state index is 14.3. The SMILES string of the molecule is O=C(O)c1ccccc1C1(F)CCOC1. The van der Waals surface area contributed by atoms with Crippen molar-refractivity contribution in [2.75, 3.05) is 13.2 Å². The van der Waals surface area contributed by atoms with Crippen molar-refractivity contribution in [1.29, 1.82) is 0 Å². The molecule has 4 heteroatoms. The van der Waals surface area contributed by atoms with E-state index in [1.165, 1.54) is 12.1 Å². The molecule has 0 radical (unpaired) electrons. The highest BCUT2D eigenvalue weighted by Crippen LogP contribution is 2.36. The molecule has 1 fully saturated rings. The van der Waals surface area contributed by atoms with Crippen molar-refractivity contribution >= 4 is 5.97 Å². The summed E-state index contributed by atoms with van der Waals surface area (Å²) in [6, 6.07) is 6.16. The summed E-state index contributed by atoms with van der Waals surface area (Å²) in [5, 5.41) is 8.93. The van der Waals surface area contributed by atoms with Gasteiger partial charge in [0.15, 0.2) is 5.67 Å². The van der Waals surface area contributed by atoms with Gasteiger partial charge in [0, 0.05) is 12.0 Å². The molecule has 1 aromatic carbocycles. The average molecular weight is 210 g/mol. The number of carboxylic acids is 1. The lowest BCUT2D eigenvalue weighted by Crippen LogP contribution is -2.23. The average Bonchev–Trinajstić information content (AvgIpc) is 2.66. The molecule has 1 aliphatic heterocycles. The Hall–Kier alpha value is -1.42. The van der Waals surface area contributed by atoms with Crippen LogP contribution in [-0.4, -0.2) is 24.3 Å². The third kappa shape index (κ3) is 1.72. The van der Waals surface area contributed by atoms with E-state index in [1.807, 2.05) is 0 Å². The number of halogens is 1. The third-order valence-electron chi connectivity index (χ3n) is 2.61. The van der Waals surface area contributed by atoms with Gasteiger partial charge >= 0.3 is 5.97 Å². The molecule has 1 heterocycles. The van der Waals surface area contributed by atoms with Gasteiger partial charge in [0.2, 0.25) is 0 Å². The second-order valence-corrected chi connectivity index (χ2v) is 3.62. The Labute approximate surface area is 86.5 Å². The minimum atomic E-state index is -1.64. The first-order chi connectivity index (χ1) is 7.13. The van der Waals surface area contributed by atoms with E-state index in [2.05, 4.69) is 0 Å². The van der Waals surface area contributed by atoms with E-state index in [9.17, 15) is 9.18 Å². The normalized spacial score (nSPS) is 25.4. The molecule has 0 bridgehead atoms. The van der Waals surface area contributed by atoms with Crippen LogP contribution in [0.1, 0.15) is 22.3 Å². The molecule has 2 rings (SSSR count). The van der Waals surface area contributed by atoms with Gasteiger partial charge in [-0.05, 0) is 6.07 Å². The van der Waals surface area contributed by atoms with Crippen LogP contribution in [0, 0.1) is 0 Å². The van der Waals surface area contributed by atoms with Crippen LogP contribution in [0.15, 0.2) is 24.3 Å². The van der Waals surface area contributed by atoms with E-state index in [1.54, 1.807) is 12.1 Å². The van der Waals surface area contributed by atoms with Gasteiger partial charge in [-0.2, -0.15) is 0 Å². The zero-order valence-corrected chi connectivity index (χ0v) is 8.07. The Morgan fingerprint density at radius 2 is 2.20 bits per heavy atom. The zero-order valence-electron chi connectivity index (χ0n) is 8.07. The molecule has 0 aromatic heterocycles. The van der Waals surface area contributed by atoms with Crippen molar-refractivity contribution in [2.24, 2.45) is 0 Å².